The van der Waals surface area contributed by atoms with Crippen molar-refractivity contribution in [2.45, 2.75) is 30.5 Å². The van der Waals surface area contributed by atoms with Crippen molar-refractivity contribution in [1.82, 2.24) is 0 Å². The lowest BCUT2D eigenvalue weighted by molar-refractivity contribution is 0.782. The molecule has 0 aliphatic rings. The van der Waals surface area contributed by atoms with E-state index in [0.717, 1.165) is 25.7 Å². The smallest absolute Gasteiger partial charge is 0.113 e. The SMILES string of the molecule is ClCC#CCCCCC#CC(Cl)Cl. The summed E-state index contributed by atoms with van der Waals surface area (Å²) in [6.45, 7) is 0. The van der Waals surface area contributed by atoms with Crippen LogP contribution in [-0.2, 0) is 0 Å². The average molecular weight is 238 g/mol. The summed E-state index contributed by atoms with van der Waals surface area (Å²) in [6, 6.07) is 0. The quantitative estimate of drug-likeness (QED) is 0.400. The van der Waals surface area contributed by atoms with Gasteiger partial charge in [0, 0.05) is 12.8 Å². The zero-order valence-corrected chi connectivity index (χ0v) is 9.51. The van der Waals surface area contributed by atoms with Crippen molar-refractivity contribution in [3.05, 3.63) is 0 Å². The predicted octanol–water partition coefficient (Wildman–Crippen LogP) is 3.60. The number of hydrogen-bond donors (Lipinski definition) is 0. The molecule has 0 aromatic rings. The predicted molar refractivity (Wildman–Crippen MR) is 60.2 cm³/mol. The molecule has 0 bridgehead atoms. The van der Waals surface area contributed by atoms with Crippen LogP contribution >= 0.6 is 34.8 Å². The molecule has 0 unspecified atom stereocenters. The second kappa shape index (κ2) is 10.1. The van der Waals surface area contributed by atoms with Gasteiger partial charge in [-0.1, -0.05) is 35.0 Å². The van der Waals surface area contributed by atoms with Crippen molar-refractivity contribution in [2.24, 2.45) is 0 Å². The van der Waals surface area contributed by atoms with Crippen molar-refractivity contribution in [3.63, 3.8) is 0 Å². The topological polar surface area (TPSA) is 0 Å². The largest absolute Gasteiger partial charge is 0.167 e. The maximum absolute atomic E-state index is 5.41. The summed E-state index contributed by atoms with van der Waals surface area (Å²) in [5.41, 5.74) is 0. The molecule has 0 aliphatic carbocycles. The van der Waals surface area contributed by atoms with Crippen molar-refractivity contribution in [3.8, 4) is 23.7 Å². The van der Waals surface area contributed by atoms with E-state index in [4.69, 9.17) is 34.8 Å². The van der Waals surface area contributed by atoms with Crippen LogP contribution in [0.5, 0.6) is 0 Å². The van der Waals surface area contributed by atoms with Gasteiger partial charge in [-0.05, 0) is 12.8 Å². The third-order valence-corrected chi connectivity index (χ3v) is 1.61. The van der Waals surface area contributed by atoms with Crippen LogP contribution in [-0.4, -0.2) is 10.7 Å². The lowest BCUT2D eigenvalue weighted by atomic mass is 10.2. The number of hydrogen-bond acceptors (Lipinski definition) is 0. The summed E-state index contributed by atoms with van der Waals surface area (Å²) >= 11 is 16.2. The Labute approximate surface area is 94.9 Å². The lowest BCUT2D eigenvalue weighted by Crippen LogP contribution is -1.78. The van der Waals surface area contributed by atoms with Gasteiger partial charge in [0.2, 0.25) is 0 Å². The van der Waals surface area contributed by atoms with Gasteiger partial charge in [0.25, 0.3) is 0 Å². The second-order valence-electron chi connectivity index (χ2n) is 2.32. The maximum Gasteiger partial charge on any atom is 0.167 e. The average Bonchev–Trinajstić information content (AvgIpc) is 2.09. The van der Waals surface area contributed by atoms with E-state index in [9.17, 15) is 0 Å². The number of halogens is 3. The molecule has 0 radical (unpaired) electrons. The molecule has 0 aromatic heterocycles. The molecular formula is C10H11Cl3. The van der Waals surface area contributed by atoms with Crippen LogP contribution in [0.15, 0.2) is 0 Å². The summed E-state index contributed by atoms with van der Waals surface area (Å²) in [7, 11) is 0. The minimum Gasteiger partial charge on any atom is -0.113 e. The number of unbranched alkanes of at least 4 members (excludes halogenated alkanes) is 3. The van der Waals surface area contributed by atoms with Gasteiger partial charge in [-0.25, -0.2) is 0 Å². The fraction of sp³-hybridized carbons (Fsp3) is 0.600. The highest BCUT2D eigenvalue weighted by molar-refractivity contribution is 6.46. The molecule has 0 nitrogen and oxygen atoms in total. The molecule has 0 spiro atoms. The Kier molecular flexibility index (Phi) is 10.1. The van der Waals surface area contributed by atoms with E-state index in [-0.39, 0.29) is 0 Å². The van der Waals surface area contributed by atoms with Gasteiger partial charge < -0.3 is 0 Å². The molecule has 13 heavy (non-hydrogen) atoms. The highest BCUT2D eigenvalue weighted by atomic mass is 35.5. The van der Waals surface area contributed by atoms with Crippen LogP contribution < -0.4 is 0 Å². The number of alkyl halides is 3. The van der Waals surface area contributed by atoms with E-state index in [0.29, 0.717) is 5.88 Å². The summed E-state index contributed by atoms with van der Waals surface area (Å²) in [5, 5.41) is 0. The second-order valence-corrected chi connectivity index (χ2v) is 3.68. The molecule has 0 aromatic carbocycles. The summed E-state index contributed by atoms with van der Waals surface area (Å²) in [5.74, 6) is 11.7. The Bertz CT molecular complexity index is 224. The van der Waals surface area contributed by atoms with Gasteiger partial charge in [-0.15, -0.1) is 23.4 Å². The third kappa shape index (κ3) is 12.0. The van der Waals surface area contributed by atoms with Gasteiger partial charge in [0.1, 0.15) is 0 Å². The van der Waals surface area contributed by atoms with Crippen LogP contribution in [0.25, 0.3) is 0 Å². The molecule has 0 aliphatic heterocycles. The van der Waals surface area contributed by atoms with Crippen molar-refractivity contribution < 1.29 is 0 Å². The van der Waals surface area contributed by atoms with Gasteiger partial charge in [-0.3, -0.25) is 0 Å². The normalized spacial score (nSPS) is 8.62. The Balaban J connectivity index is 3.23. The first-order valence-corrected chi connectivity index (χ1v) is 5.46. The molecule has 0 rings (SSSR count). The third-order valence-electron chi connectivity index (χ3n) is 1.26. The summed E-state index contributed by atoms with van der Waals surface area (Å²) < 4.78 is 0. The van der Waals surface area contributed by atoms with Crippen molar-refractivity contribution in [2.75, 3.05) is 5.88 Å². The monoisotopic (exact) mass is 236 g/mol. The molecule has 0 saturated carbocycles. The molecular weight excluding hydrogens is 226 g/mol. The Morgan fingerprint density at radius 1 is 0.923 bits per heavy atom. The van der Waals surface area contributed by atoms with E-state index in [1.54, 1.807) is 0 Å². The van der Waals surface area contributed by atoms with Gasteiger partial charge >= 0.3 is 0 Å². The fourth-order valence-electron chi connectivity index (χ4n) is 0.712. The number of rotatable bonds is 3. The summed E-state index contributed by atoms with van der Waals surface area (Å²) in [4.78, 5) is -0.559. The Morgan fingerprint density at radius 3 is 2.08 bits per heavy atom. The molecule has 0 heterocycles. The van der Waals surface area contributed by atoms with Crippen LogP contribution in [0.4, 0.5) is 0 Å². The minimum atomic E-state index is -0.559. The van der Waals surface area contributed by atoms with Crippen LogP contribution in [0.3, 0.4) is 0 Å². The zero-order chi connectivity index (χ0) is 9.94. The maximum atomic E-state index is 5.41. The van der Waals surface area contributed by atoms with E-state index >= 15 is 0 Å². The minimum absolute atomic E-state index is 0.417. The zero-order valence-electron chi connectivity index (χ0n) is 7.25. The summed E-state index contributed by atoms with van der Waals surface area (Å²) in [6.07, 6.45) is 3.80. The van der Waals surface area contributed by atoms with Gasteiger partial charge in [-0.2, -0.15) is 0 Å². The van der Waals surface area contributed by atoms with Gasteiger partial charge in [0.15, 0.2) is 4.84 Å². The van der Waals surface area contributed by atoms with E-state index in [1.165, 1.54) is 0 Å². The highest BCUT2D eigenvalue weighted by Gasteiger charge is 1.87. The first-order chi connectivity index (χ1) is 6.27. The molecule has 3 heteroatoms. The van der Waals surface area contributed by atoms with Crippen LogP contribution in [0, 0.1) is 23.7 Å². The Hall–Kier alpha value is -0.0100. The van der Waals surface area contributed by atoms with E-state index < -0.39 is 4.84 Å². The Morgan fingerprint density at radius 2 is 1.54 bits per heavy atom. The molecule has 72 valence electrons. The van der Waals surface area contributed by atoms with E-state index in [1.807, 2.05) is 0 Å². The van der Waals surface area contributed by atoms with Gasteiger partial charge in [0.05, 0.1) is 5.88 Å². The van der Waals surface area contributed by atoms with E-state index in [2.05, 4.69) is 23.7 Å². The fourth-order valence-corrected chi connectivity index (χ4v) is 0.961. The van der Waals surface area contributed by atoms with Crippen LogP contribution in [0.2, 0.25) is 0 Å². The highest BCUT2D eigenvalue weighted by Crippen LogP contribution is 2.00. The van der Waals surface area contributed by atoms with Crippen LogP contribution in [0.1, 0.15) is 25.7 Å². The standard InChI is InChI=1S/C10H11Cl3/c11-9-7-5-3-1-2-4-6-8-10(12)13/h10H,1-4,9H2. The lowest BCUT2D eigenvalue weighted by Gasteiger charge is -1.89. The molecule has 0 fully saturated rings. The van der Waals surface area contributed by atoms with Crippen molar-refractivity contribution in [1.29, 1.82) is 0 Å². The molecule has 0 saturated heterocycles. The molecule has 0 N–H and O–H groups in total. The first kappa shape index (κ1) is 13.0. The molecule has 0 atom stereocenters. The molecule has 0 amide bonds. The van der Waals surface area contributed by atoms with Crippen molar-refractivity contribution >= 4 is 34.8 Å². The first-order valence-electron chi connectivity index (χ1n) is 4.05.